The minimum Gasteiger partial charge on any atom is -0.400 e. The molecule has 0 saturated heterocycles. The van der Waals surface area contributed by atoms with Crippen LogP contribution in [0.15, 0.2) is 67.4 Å². The smallest absolute Gasteiger partial charge is 0.0730 e. The molecular formula is C28H27F2IrN5O-2. The molecule has 0 amide bonds. The van der Waals surface area contributed by atoms with Crippen LogP contribution < -0.4 is 0 Å². The number of pyridine rings is 1. The Morgan fingerprint density at radius 3 is 1.78 bits per heavy atom. The molecule has 2 aromatic carbocycles. The van der Waals surface area contributed by atoms with Crippen LogP contribution >= 0.6 is 0 Å². The van der Waals surface area contributed by atoms with Crippen molar-refractivity contribution in [1.29, 1.82) is 0 Å². The fourth-order valence-corrected chi connectivity index (χ4v) is 3.62. The van der Waals surface area contributed by atoms with E-state index in [0.29, 0.717) is 5.69 Å². The van der Waals surface area contributed by atoms with E-state index in [1.54, 1.807) is 24.4 Å². The summed E-state index contributed by atoms with van der Waals surface area (Å²) in [6.07, 6.45) is 9.06. The van der Waals surface area contributed by atoms with E-state index in [4.69, 9.17) is 5.11 Å². The van der Waals surface area contributed by atoms with Crippen LogP contribution in [-0.2, 0) is 34.2 Å². The van der Waals surface area contributed by atoms with E-state index in [0.717, 1.165) is 42.0 Å². The minimum absolute atomic E-state index is 0. The first-order valence-corrected chi connectivity index (χ1v) is 11.1. The van der Waals surface area contributed by atoms with Gasteiger partial charge in [-0.25, -0.2) is 0 Å². The van der Waals surface area contributed by atoms with Crippen LogP contribution in [0.2, 0.25) is 0 Å². The third kappa shape index (κ3) is 7.04. The largest absolute Gasteiger partial charge is 0.400 e. The van der Waals surface area contributed by atoms with Crippen LogP contribution in [0, 0.1) is 37.6 Å². The van der Waals surface area contributed by atoms with Gasteiger partial charge in [-0.1, -0.05) is 48.7 Å². The van der Waals surface area contributed by atoms with Crippen molar-refractivity contribution in [1.82, 2.24) is 24.1 Å². The summed E-state index contributed by atoms with van der Waals surface area (Å²) in [6, 6.07) is 15.2. The summed E-state index contributed by atoms with van der Waals surface area (Å²) < 4.78 is 29.8. The summed E-state index contributed by atoms with van der Waals surface area (Å²) >= 11 is 0. The Kier molecular flexibility index (Phi) is 11.0. The molecule has 0 atom stereocenters. The van der Waals surface area contributed by atoms with E-state index >= 15 is 0 Å². The molecular weight excluding hydrogens is 653 g/mol. The van der Waals surface area contributed by atoms with Crippen molar-refractivity contribution >= 4 is 0 Å². The number of imidazole rings is 2. The van der Waals surface area contributed by atoms with Crippen molar-refractivity contribution < 1.29 is 34.0 Å². The maximum atomic E-state index is 13.2. The molecule has 3 aromatic heterocycles. The third-order valence-corrected chi connectivity index (χ3v) is 5.34. The second-order valence-corrected chi connectivity index (χ2v) is 7.86. The van der Waals surface area contributed by atoms with Crippen LogP contribution in [0.5, 0.6) is 0 Å². The normalized spacial score (nSPS) is 9.95. The first-order valence-electron chi connectivity index (χ1n) is 11.1. The number of hydrogen-bond donors (Lipinski definition) is 1. The molecule has 0 bridgehead atoms. The van der Waals surface area contributed by atoms with Crippen LogP contribution in [0.4, 0.5) is 8.78 Å². The van der Waals surface area contributed by atoms with Crippen molar-refractivity contribution in [2.24, 2.45) is 14.1 Å². The summed E-state index contributed by atoms with van der Waals surface area (Å²) in [5.41, 5.74) is 5.05. The molecule has 5 aromatic rings. The number of hydrogen-bond acceptors (Lipinski definition) is 4. The first-order chi connectivity index (χ1) is 17.3. The predicted molar refractivity (Wildman–Crippen MR) is 136 cm³/mol. The molecule has 5 rings (SSSR count). The molecule has 0 unspecified atom stereocenters. The summed E-state index contributed by atoms with van der Waals surface area (Å²) in [7, 11) is 4.99. The number of aliphatic hydroxyl groups excluding tert-OH is 1. The quantitative estimate of drug-likeness (QED) is 0.262. The second-order valence-electron chi connectivity index (χ2n) is 7.86. The molecule has 0 fully saturated rings. The Balaban J connectivity index is 0.000000250. The number of aromatic nitrogens is 5. The number of aliphatic hydroxyl groups is 1. The zero-order valence-corrected chi connectivity index (χ0v) is 23.5. The zero-order chi connectivity index (χ0) is 26.2. The molecule has 0 aliphatic carbocycles. The standard InChI is InChI=1S/C16H17N4.C11H6F2N.CH4O.Ir/c1-11-9-12(2)14(16-18-6-8-20(16)4)10-13(11)15-17-5-7-19(15)3;12-8-4-5-9(10(13)7-8)11-3-1-2-6-14-11;1-2;/h5-9H,1-4H3;1-4,6-7H;2H,1H3;/q2*-1;;. The van der Waals surface area contributed by atoms with Gasteiger partial charge in [0.2, 0.25) is 0 Å². The van der Waals surface area contributed by atoms with Crippen molar-refractivity contribution in [2.75, 3.05) is 7.11 Å². The van der Waals surface area contributed by atoms with E-state index in [9.17, 15) is 8.78 Å². The van der Waals surface area contributed by atoms with Gasteiger partial charge in [0, 0.05) is 83.9 Å². The molecule has 0 aliphatic rings. The topological polar surface area (TPSA) is 68.8 Å². The SMILES string of the molecule is CO.Cc1cc(C)c(-c2nccn2C)[c-]c1-c1nccn1C.Fc1c[c-]c(-c2ccccn2)c(F)c1.[Ir]. The average molecular weight is 680 g/mol. The van der Waals surface area contributed by atoms with Gasteiger partial charge in [0.05, 0.1) is 11.6 Å². The van der Waals surface area contributed by atoms with Crippen molar-refractivity contribution in [2.45, 2.75) is 13.8 Å². The van der Waals surface area contributed by atoms with Gasteiger partial charge >= 0.3 is 0 Å². The van der Waals surface area contributed by atoms with Crippen LogP contribution in [0.25, 0.3) is 34.0 Å². The van der Waals surface area contributed by atoms with Crippen molar-refractivity contribution in [3.63, 3.8) is 0 Å². The molecule has 6 nitrogen and oxygen atoms in total. The number of aryl methyl sites for hydroxylation is 4. The minimum atomic E-state index is -0.649. The molecule has 0 saturated carbocycles. The molecule has 1 N–H and O–H groups in total. The van der Waals surface area contributed by atoms with Gasteiger partial charge in [-0.15, -0.1) is 35.4 Å². The van der Waals surface area contributed by atoms with Crippen LogP contribution in [-0.4, -0.2) is 36.3 Å². The Morgan fingerprint density at radius 1 is 0.784 bits per heavy atom. The van der Waals surface area contributed by atoms with Crippen molar-refractivity contribution in [3.8, 4) is 34.0 Å². The van der Waals surface area contributed by atoms with Crippen LogP contribution in [0.1, 0.15) is 11.1 Å². The maximum absolute atomic E-state index is 13.2. The zero-order valence-electron chi connectivity index (χ0n) is 21.1. The number of halogens is 2. The van der Waals surface area contributed by atoms with Gasteiger partial charge in [0.15, 0.2) is 0 Å². The first kappa shape index (κ1) is 29.7. The molecule has 37 heavy (non-hydrogen) atoms. The van der Waals surface area contributed by atoms with Gasteiger partial charge in [0.25, 0.3) is 0 Å². The molecule has 9 heteroatoms. The monoisotopic (exact) mass is 680 g/mol. The van der Waals surface area contributed by atoms with Gasteiger partial charge in [0.1, 0.15) is 0 Å². The predicted octanol–water partition coefficient (Wildman–Crippen LogP) is 5.34. The second kappa shape index (κ2) is 13.7. The Bertz CT molecular complexity index is 1370. The third-order valence-electron chi connectivity index (χ3n) is 5.34. The Hall–Kier alpha value is -3.52. The van der Waals surface area contributed by atoms with Gasteiger partial charge in [-0.2, -0.15) is 0 Å². The van der Waals surface area contributed by atoms with E-state index < -0.39 is 11.6 Å². The average Bonchev–Trinajstić information content (AvgIpc) is 3.49. The summed E-state index contributed by atoms with van der Waals surface area (Å²) in [5.74, 6) is 0.571. The molecule has 0 aliphatic heterocycles. The molecule has 195 valence electrons. The number of nitrogens with zero attached hydrogens (tertiary/aromatic N) is 5. The van der Waals surface area contributed by atoms with Crippen LogP contribution in [0.3, 0.4) is 0 Å². The van der Waals surface area contributed by atoms with E-state index in [-0.39, 0.29) is 25.7 Å². The maximum Gasteiger partial charge on any atom is 0.0730 e. The van der Waals surface area contributed by atoms with Gasteiger partial charge in [-0.05, 0) is 11.8 Å². The van der Waals surface area contributed by atoms with Gasteiger partial charge < -0.3 is 19.2 Å². The molecule has 0 spiro atoms. The number of rotatable bonds is 3. The summed E-state index contributed by atoms with van der Waals surface area (Å²) in [4.78, 5) is 12.8. The fraction of sp³-hybridized carbons (Fsp3) is 0.179. The van der Waals surface area contributed by atoms with Gasteiger partial charge in [-0.3, -0.25) is 18.7 Å². The Morgan fingerprint density at radius 2 is 1.35 bits per heavy atom. The van der Waals surface area contributed by atoms with E-state index in [1.807, 2.05) is 48.0 Å². The molecule has 1 radical (unpaired) electrons. The molecule has 3 heterocycles. The summed E-state index contributed by atoms with van der Waals surface area (Å²) in [6.45, 7) is 4.19. The van der Waals surface area contributed by atoms with E-state index in [1.165, 1.54) is 11.1 Å². The Labute approximate surface area is 229 Å². The fourth-order valence-electron chi connectivity index (χ4n) is 3.62. The number of benzene rings is 2. The summed E-state index contributed by atoms with van der Waals surface area (Å²) in [5, 5.41) is 7.00. The van der Waals surface area contributed by atoms with E-state index in [2.05, 4.69) is 47.0 Å². The van der Waals surface area contributed by atoms with Crippen molar-refractivity contribution in [3.05, 3.63) is 102 Å².